The quantitative estimate of drug-likeness (QED) is 0.772. The molecule has 1 atom stereocenters. The normalized spacial score (nSPS) is 19.4. The number of hydrogen-bond acceptors (Lipinski definition) is 1. The number of benzene rings is 1. The molecule has 1 N–H and O–H groups in total. The van der Waals surface area contributed by atoms with E-state index in [2.05, 4.69) is 24.4 Å². The summed E-state index contributed by atoms with van der Waals surface area (Å²) in [5.41, 5.74) is 1.21. The van der Waals surface area contributed by atoms with Gasteiger partial charge in [-0.1, -0.05) is 55.5 Å². The molecule has 0 spiro atoms. The minimum Gasteiger partial charge on any atom is -0.310 e. The zero-order valence-corrected chi connectivity index (χ0v) is 12.0. The maximum Gasteiger partial charge on any atom is 0.0450 e. The van der Waals surface area contributed by atoms with Crippen LogP contribution in [0.15, 0.2) is 24.3 Å². The summed E-state index contributed by atoms with van der Waals surface area (Å²) in [5, 5.41) is 4.53. The Morgan fingerprint density at radius 2 is 1.83 bits per heavy atom. The molecule has 1 aromatic carbocycles. The van der Waals surface area contributed by atoms with E-state index < -0.39 is 0 Å². The highest BCUT2D eigenvalue weighted by Gasteiger charge is 2.18. The van der Waals surface area contributed by atoms with Crippen LogP contribution in [0, 0.1) is 5.92 Å². The third-order valence-electron chi connectivity index (χ3n) is 4.18. The molecule has 2 heteroatoms. The van der Waals surface area contributed by atoms with Gasteiger partial charge in [0, 0.05) is 17.6 Å². The van der Waals surface area contributed by atoms with E-state index in [0.29, 0.717) is 6.04 Å². The van der Waals surface area contributed by atoms with Crippen molar-refractivity contribution in [2.75, 3.05) is 0 Å². The third-order valence-corrected chi connectivity index (χ3v) is 4.55. The Morgan fingerprint density at radius 1 is 1.17 bits per heavy atom. The van der Waals surface area contributed by atoms with E-state index in [1.165, 1.54) is 44.1 Å². The SMILES string of the molecule is C[C@H](NCc1ccccc1Cl)C1CCCCCC1. The summed E-state index contributed by atoms with van der Waals surface area (Å²) in [7, 11) is 0. The molecule has 1 fully saturated rings. The second-order valence-corrected chi connectivity index (χ2v) is 5.92. The van der Waals surface area contributed by atoms with Crippen molar-refractivity contribution in [3.05, 3.63) is 34.9 Å². The molecule has 0 saturated heterocycles. The van der Waals surface area contributed by atoms with Crippen LogP contribution in [0.2, 0.25) is 5.02 Å². The van der Waals surface area contributed by atoms with E-state index in [9.17, 15) is 0 Å². The molecular formula is C16H24ClN. The van der Waals surface area contributed by atoms with Gasteiger partial charge in [0.1, 0.15) is 0 Å². The van der Waals surface area contributed by atoms with Gasteiger partial charge in [-0.25, -0.2) is 0 Å². The number of hydrogen-bond donors (Lipinski definition) is 1. The zero-order valence-electron chi connectivity index (χ0n) is 11.3. The van der Waals surface area contributed by atoms with Crippen LogP contribution in [0.4, 0.5) is 0 Å². The topological polar surface area (TPSA) is 12.0 Å². The van der Waals surface area contributed by atoms with Gasteiger partial charge in [-0.2, -0.15) is 0 Å². The molecule has 0 heterocycles. The molecule has 18 heavy (non-hydrogen) atoms. The van der Waals surface area contributed by atoms with E-state index in [-0.39, 0.29) is 0 Å². The van der Waals surface area contributed by atoms with Gasteiger partial charge in [0.15, 0.2) is 0 Å². The van der Waals surface area contributed by atoms with Gasteiger partial charge in [0.25, 0.3) is 0 Å². The van der Waals surface area contributed by atoms with Crippen LogP contribution < -0.4 is 5.32 Å². The Labute approximate surface area is 116 Å². The predicted octanol–water partition coefficient (Wildman–Crippen LogP) is 4.79. The first kappa shape index (κ1) is 13.9. The third kappa shape index (κ3) is 4.00. The van der Waals surface area contributed by atoms with Crippen molar-refractivity contribution in [3.8, 4) is 0 Å². The molecule has 2 rings (SSSR count). The fraction of sp³-hybridized carbons (Fsp3) is 0.625. The highest BCUT2D eigenvalue weighted by atomic mass is 35.5. The van der Waals surface area contributed by atoms with E-state index in [0.717, 1.165) is 17.5 Å². The van der Waals surface area contributed by atoms with Crippen LogP contribution in [-0.4, -0.2) is 6.04 Å². The first-order valence-electron chi connectivity index (χ1n) is 7.24. The van der Waals surface area contributed by atoms with Crippen molar-refractivity contribution < 1.29 is 0 Å². The van der Waals surface area contributed by atoms with Gasteiger partial charge < -0.3 is 5.32 Å². The highest BCUT2D eigenvalue weighted by Crippen LogP contribution is 2.25. The van der Waals surface area contributed by atoms with Crippen molar-refractivity contribution in [2.45, 2.75) is 58.0 Å². The lowest BCUT2D eigenvalue weighted by molar-refractivity contribution is 0.336. The van der Waals surface area contributed by atoms with Crippen LogP contribution in [-0.2, 0) is 6.54 Å². The van der Waals surface area contributed by atoms with Gasteiger partial charge in [-0.15, -0.1) is 0 Å². The molecular weight excluding hydrogens is 242 g/mol. The second kappa shape index (κ2) is 7.16. The van der Waals surface area contributed by atoms with Crippen LogP contribution >= 0.6 is 11.6 Å². The van der Waals surface area contributed by atoms with Gasteiger partial charge in [-0.05, 0) is 37.3 Å². The summed E-state index contributed by atoms with van der Waals surface area (Å²) >= 11 is 6.18. The van der Waals surface area contributed by atoms with Crippen molar-refractivity contribution in [1.82, 2.24) is 5.32 Å². The molecule has 0 aromatic heterocycles. The lowest BCUT2D eigenvalue weighted by atomic mass is 9.93. The lowest BCUT2D eigenvalue weighted by Crippen LogP contribution is -2.33. The molecule has 0 bridgehead atoms. The zero-order chi connectivity index (χ0) is 12.8. The van der Waals surface area contributed by atoms with Crippen molar-refractivity contribution in [1.29, 1.82) is 0 Å². The number of nitrogens with one attached hydrogen (secondary N) is 1. The van der Waals surface area contributed by atoms with Crippen LogP contribution in [0.5, 0.6) is 0 Å². The second-order valence-electron chi connectivity index (χ2n) is 5.51. The van der Waals surface area contributed by atoms with Crippen LogP contribution in [0.3, 0.4) is 0 Å². The average molecular weight is 266 g/mol. The van der Waals surface area contributed by atoms with E-state index in [1.54, 1.807) is 0 Å². The Hall–Kier alpha value is -0.530. The van der Waals surface area contributed by atoms with Gasteiger partial charge in [0.2, 0.25) is 0 Å². The summed E-state index contributed by atoms with van der Waals surface area (Å²) in [6, 6.07) is 8.71. The predicted molar refractivity (Wildman–Crippen MR) is 78.9 cm³/mol. The number of halogens is 1. The minimum atomic E-state index is 0.597. The Balaban J connectivity index is 1.83. The minimum absolute atomic E-state index is 0.597. The summed E-state index contributed by atoms with van der Waals surface area (Å²) in [6.45, 7) is 3.21. The maximum atomic E-state index is 6.18. The van der Waals surface area contributed by atoms with Crippen molar-refractivity contribution >= 4 is 11.6 Å². The van der Waals surface area contributed by atoms with Crippen molar-refractivity contribution in [3.63, 3.8) is 0 Å². The molecule has 1 aliphatic carbocycles. The van der Waals surface area contributed by atoms with Gasteiger partial charge in [0.05, 0.1) is 0 Å². The Morgan fingerprint density at radius 3 is 2.50 bits per heavy atom. The fourth-order valence-corrected chi connectivity index (χ4v) is 3.09. The molecule has 1 aromatic rings. The molecule has 0 radical (unpaired) electrons. The summed E-state index contributed by atoms with van der Waals surface area (Å²) in [4.78, 5) is 0. The Kier molecular flexibility index (Phi) is 5.52. The van der Waals surface area contributed by atoms with Gasteiger partial charge in [-0.3, -0.25) is 0 Å². The monoisotopic (exact) mass is 265 g/mol. The van der Waals surface area contributed by atoms with E-state index in [4.69, 9.17) is 11.6 Å². The summed E-state index contributed by atoms with van der Waals surface area (Å²) in [6.07, 6.45) is 8.43. The molecule has 1 saturated carbocycles. The molecule has 1 nitrogen and oxygen atoms in total. The van der Waals surface area contributed by atoms with Crippen molar-refractivity contribution in [2.24, 2.45) is 5.92 Å². The fourth-order valence-electron chi connectivity index (χ4n) is 2.89. The van der Waals surface area contributed by atoms with E-state index >= 15 is 0 Å². The molecule has 0 aliphatic heterocycles. The largest absolute Gasteiger partial charge is 0.310 e. The first-order chi connectivity index (χ1) is 8.77. The van der Waals surface area contributed by atoms with Crippen LogP contribution in [0.25, 0.3) is 0 Å². The Bertz CT molecular complexity index is 356. The summed E-state index contributed by atoms with van der Waals surface area (Å²) in [5.74, 6) is 0.843. The molecule has 100 valence electrons. The van der Waals surface area contributed by atoms with Gasteiger partial charge >= 0.3 is 0 Å². The average Bonchev–Trinajstić information content (AvgIpc) is 2.66. The van der Waals surface area contributed by atoms with Crippen LogP contribution in [0.1, 0.15) is 51.0 Å². The smallest absolute Gasteiger partial charge is 0.0450 e. The summed E-state index contributed by atoms with van der Waals surface area (Å²) < 4.78 is 0. The lowest BCUT2D eigenvalue weighted by Gasteiger charge is -2.24. The molecule has 1 aliphatic rings. The highest BCUT2D eigenvalue weighted by molar-refractivity contribution is 6.31. The standard InChI is InChI=1S/C16H24ClN/c1-13(14-8-4-2-3-5-9-14)18-12-15-10-6-7-11-16(15)17/h6-7,10-11,13-14,18H,2-5,8-9,12H2,1H3/t13-/m0/s1. The molecule has 0 amide bonds. The maximum absolute atomic E-state index is 6.18. The first-order valence-corrected chi connectivity index (χ1v) is 7.62. The van der Waals surface area contributed by atoms with E-state index in [1.807, 2.05) is 12.1 Å². The number of rotatable bonds is 4. The molecule has 0 unspecified atom stereocenters.